The molecule has 3 aliphatic heterocycles. The quantitative estimate of drug-likeness (QED) is 0.362. The first-order valence-corrected chi connectivity index (χ1v) is 10.7. The highest BCUT2D eigenvalue weighted by atomic mass is 16.7. The summed E-state index contributed by atoms with van der Waals surface area (Å²) in [5, 5.41) is 1.43. The van der Waals surface area contributed by atoms with Crippen molar-refractivity contribution in [3.05, 3.63) is 35.9 Å². The number of urea groups is 1. The first-order valence-electron chi connectivity index (χ1n) is 10.7. The molecule has 1 aromatic rings. The van der Waals surface area contributed by atoms with Crippen LogP contribution in [0, 0.1) is 5.92 Å². The summed E-state index contributed by atoms with van der Waals surface area (Å²) in [7, 11) is 0.468. The second-order valence-electron chi connectivity index (χ2n) is 8.31. The molecule has 0 unspecified atom stereocenters. The molecule has 2 bridgehead atoms. The molecule has 0 aromatic heterocycles. The fraction of sp³-hybridized carbons (Fsp3) is 0.571. The van der Waals surface area contributed by atoms with Crippen molar-refractivity contribution in [1.82, 2.24) is 14.8 Å². The molecule has 3 heterocycles. The van der Waals surface area contributed by atoms with Crippen LogP contribution in [0.2, 0.25) is 0 Å². The average Bonchev–Trinajstić information content (AvgIpc) is 3.02. The number of hydrogen-bond acceptors (Lipinski definition) is 6. The minimum Gasteiger partial charge on any atom is -0.464 e. The first-order chi connectivity index (χ1) is 14.7. The van der Waals surface area contributed by atoms with Crippen molar-refractivity contribution in [2.24, 2.45) is 5.92 Å². The van der Waals surface area contributed by atoms with Crippen molar-refractivity contribution in [1.29, 1.82) is 0 Å². The van der Waals surface area contributed by atoms with Gasteiger partial charge < -0.3 is 19.2 Å². The molecule has 160 valence electrons. The average molecular weight is 413 g/mol. The topological polar surface area (TPSA) is 79.4 Å². The van der Waals surface area contributed by atoms with E-state index in [1.807, 2.05) is 30.3 Å². The molecular weight excluding hydrogens is 385 g/mol. The van der Waals surface area contributed by atoms with Crippen LogP contribution < -0.4 is 0 Å². The van der Waals surface area contributed by atoms with Crippen LogP contribution in [0.1, 0.15) is 31.2 Å². The van der Waals surface area contributed by atoms with Gasteiger partial charge in [0.05, 0.1) is 18.8 Å². The van der Waals surface area contributed by atoms with Gasteiger partial charge >= 0.3 is 12.0 Å². The van der Waals surface area contributed by atoms with Crippen LogP contribution in [0.15, 0.2) is 30.3 Å². The Labute approximate surface area is 177 Å². The number of hydroxylamine groups is 2. The summed E-state index contributed by atoms with van der Waals surface area (Å²) in [5.74, 6) is -0.00444. The van der Waals surface area contributed by atoms with Crippen molar-refractivity contribution in [3.63, 3.8) is 0 Å². The zero-order valence-corrected chi connectivity index (χ0v) is 17.2. The Morgan fingerprint density at radius 1 is 1.13 bits per heavy atom. The van der Waals surface area contributed by atoms with Crippen molar-refractivity contribution < 1.29 is 24.0 Å². The Morgan fingerprint density at radius 3 is 2.63 bits per heavy atom. The fourth-order valence-electron chi connectivity index (χ4n) is 4.50. The molecule has 30 heavy (non-hydrogen) atoms. The molecular formula is C21H28BN3O5. The van der Waals surface area contributed by atoms with Crippen molar-refractivity contribution >= 4 is 25.6 Å². The maximum Gasteiger partial charge on any atom is 0.345 e. The molecule has 9 heteroatoms. The summed E-state index contributed by atoms with van der Waals surface area (Å²) in [5.41, 5.74) is 0.997. The Bertz CT molecular complexity index is 756. The lowest BCUT2D eigenvalue weighted by Crippen LogP contribution is -2.46. The molecule has 1 aromatic carbocycles. The lowest BCUT2D eigenvalue weighted by Gasteiger charge is -2.32. The number of carbonyl (C=O) groups excluding carboxylic acids is 3. The second-order valence-corrected chi connectivity index (χ2v) is 8.31. The van der Waals surface area contributed by atoms with Crippen molar-refractivity contribution in [2.75, 3.05) is 26.2 Å². The predicted molar refractivity (Wildman–Crippen MR) is 111 cm³/mol. The van der Waals surface area contributed by atoms with Gasteiger partial charge in [0.1, 0.15) is 12.6 Å². The number of esters is 1. The number of hydrogen-bond donors (Lipinski definition) is 0. The van der Waals surface area contributed by atoms with Crippen molar-refractivity contribution in [3.8, 4) is 0 Å². The van der Waals surface area contributed by atoms with Crippen LogP contribution >= 0.6 is 0 Å². The lowest BCUT2D eigenvalue weighted by atomic mass is 9.87. The molecule has 0 aliphatic carbocycles. The van der Waals surface area contributed by atoms with Gasteiger partial charge in [0, 0.05) is 6.54 Å². The molecule has 3 aliphatic rings. The van der Waals surface area contributed by atoms with Gasteiger partial charge in [-0.3, -0.25) is 4.84 Å². The molecule has 3 saturated heterocycles. The fourth-order valence-corrected chi connectivity index (χ4v) is 4.50. The van der Waals surface area contributed by atoms with E-state index in [1.165, 1.54) is 5.06 Å². The number of amides is 2. The van der Waals surface area contributed by atoms with Crippen molar-refractivity contribution in [2.45, 2.75) is 44.4 Å². The number of ether oxygens (including phenoxy) is 1. The predicted octanol–water partition coefficient (Wildman–Crippen LogP) is 1.18. The highest BCUT2D eigenvalue weighted by Gasteiger charge is 2.48. The third-order valence-corrected chi connectivity index (χ3v) is 6.31. The van der Waals surface area contributed by atoms with Crippen LogP contribution in [0.4, 0.5) is 4.79 Å². The summed E-state index contributed by atoms with van der Waals surface area (Å²) >= 11 is 0. The number of rotatable bonds is 8. The zero-order chi connectivity index (χ0) is 20.9. The van der Waals surface area contributed by atoms with Crippen LogP contribution in [-0.4, -0.2) is 78.7 Å². The molecule has 0 radical (unpaired) electrons. The second kappa shape index (κ2) is 9.62. The van der Waals surface area contributed by atoms with E-state index in [9.17, 15) is 14.4 Å². The SMILES string of the molecule is O=CBN1CCC(COC(=O)[C@@H]2CC[C@@H]3CN2C(=O)N3OCc2ccccc2)CC1. The zero-order valence-electron chi connectivity index (χ0n) is 17.2. The van der Waals surface area contributed by atoms with Gasteiger partial charge in [0.25, 0.3) is 7.41 Å². The van der Waals surface area contributed by atoms with Crippen LogP contribution in [0.3, 0.4) is 0 Å². The minimum absolute atomic E-state index is 0.0209. The number of benzene rings is 1. The van der Waals surface area contributed by atoms with Gasteiger partial charge in [-0.05, 0) is 50.3 Å². The van der Waals surface area contributed by atoms with Crippen LogP contribution in [-0.2, 0) is 25.8 Å². The van der Waals surface area contributed by atoms with Crippen LogP contribution in [0.5, 0.6) is 0 Å². The number of nitrogens with zero attached hydrogens (tertiary/aromatic N) is 3. The van der Waals surface area contributed by atoms with E-state index < -0.39 is 6.04 Å². The Kier molecular flexibility index (Phi) is 6.69. The largest absolute Gasteiger partial charge is 0.464 e. The Balaban J connectivity index is 1.25. The lowest BCUT2D eigenvalue weighted by molar-refractivity contribution is -0.151. The molecule has 0 N–H and O–H groups in total. The summed E-state index contributed by atoms with van der Waals surface area (Å²) in [6.07, 6.45) is 4.07. The van der Waals surface area contributed by atoms with E-state index in [0.717, 1.165) is 44.1 Å². The normalized spacial score (nSPS) is 24.7. The first kappa shape index (κ1) is 20.9. The molecule has 0 saturated carbocycles. The third-order valence-electron chi connectivity index (χ3n) is 6.31. The third kappa shape index (κ3) is 4.68. The maximum atomic E-state index is 12.8. The Hall–Kier alpha value is -2.39. The van der Waals surface area contributed by atoms with Gasteiger partial charge in [0.2, 0.25) is 0 Å². The molecule has 4 rings (SSSR count). The van der Waals surface area contributed by atoms with E-state index >= 15 is 0 Å². The summed E-state index contributed by atoms with van der Waals surface area (Å²) in [6.45, 7) is 2.91. The van der Waals surface area contributed by atoms with Gasteiger partial charge in [-0.25, -0.2) is 9.59 Å². The van der Waals surface area contributed by atoms with E-state index in [0.29, 0.717) is 39.5 Å². The number of piperidine rings is 2. The molecule has 2 amide bonds. The van der Waals surface area contributed by atoms with E-state index in [2.05, 4.69) is 4.81 Å². The minimum atomic E-state index is -0.533. The van der Waals surface area contributed by atoms with Crippen LogP contribution in [0.25, 0.3) is 0 Å². The molecule has 2 atom stereocenters. The Morgan fingerprint density at radius 2 is 1.90 bits per heavy atom. The number of fused-ring (bicyclic) bond motifs is 2. The molecule has 8 nitrogen and oxygen atoms in total. The highest BCUT2D eigenvalue weighted by Crippen LogP contribution is 2.31. The maximum absolute atomic E-state index is 12.8. The van der Waals surface area contributed by atoms with E-state index in [1.54, 1.807) is 4.90 Å². The summed E-state index contributed by atoms with van der Waals surface area (Å²) in [4.78, 5) is 45.6. The summed E-state index contributed by atoms with van der Waals surface area (Å²) < 4.78 is 5.60. The van der Waals surface area contributed by atoms with E-state index in [-0.39, 0.29) is 18.0 Å². The van der Waals surface area contributed by atoms with E-state index in [4.69, 9.17) is 9.57 Å². The smallest absolute Gasteiger partial charge is 0.345 e. The van der Waals surface area contributed by atoms with Gasteiger partial charge in [-0.15, -0.1) is 0 Å². The highest BCUT2D eigenvalue weighted by molar-refractivity contribution is 6.64. The number of carbonyl (C=O) groups is 3. The summed E-state index contributed by atoms with van der Waals surface area (Å²) in [6, 6.07) is 8.91. The standard InChI is InChI=1S/C21H28BN3O5/c26-15-22-23-10-8-17(9-11-23)13-29-20(27)19-7-6-18-12-24(19)21(28)25(18)30-14-16-4-2-1-3-5-16/h1-5,15,17-19,22H,6-14H2/t18-,19+/m1/s1. The van der Waals surface area contributed by atoms with Gasteiger partial charge in [-0.2, -0.15) is 5.06 Å². The molecule has 3 fully saturated rings. The molecule has 0 spiro atoms. The van der Waals surface area contributed by atoms with Gasteiger partial charge in [0.15, 0.2) is 0 Å². The monoisotopic (exact) mass is 413 g/mol. The van der Waals surface area contributed by atoms with Gasteiger partial charge in [-0.1, -0.05) is 30.3 Å².